The standard InChI is InChI=1S/C14H9BrN2OS/c15-10-6-7-11-12(8-10)19-14(16-11)17-13(18)9-4-2-1-3-5-9/h1-8H,(H,16,17,18). The van der Waals surface area contributed by atoms with Crippen LogP contribution in [0.1, 0.15) is 10.4 Å². The van der Waals surface area contributed by atoms with Gasteiger partial charge >= 0.3 is 0 Å². The minimum absolute atomic E-state index is 0.140. The molecule has 0 radical (unpaired) electrons. The van der Waals surface area contributed by atoms with Crippen molar-refractivity contribution >= 4 is 48.5 Å². The molecule has 0 bridgehead atoms. The Kier molecular flexibility index (Phi) is 3.31. The molecule has 1 amide bonds. The molecule has 3 nitrogen and oxygen atoms in total. The lowest BCUT2D eigenvalue weighted by molar-refractivity contribution is 0.102. The third-order valence-electron chi connectivity index (χ3n) is 2.61. The second-order valence-corrected chi connectivity index (χ2v) is 5.90. The van der Waals surface area contributed by atoms with Gasteiger partial charge in [-0.3, -0.25) is 10.1 Å². The molecule has 0 fully saturated rings. The topological polar surface area (TPSA) is 42.0 Å². The van der Waals surface area contributed by atoms with Crippen molar-refractivity contribution in [3.05, 3.63) is 58.6 Å². The molecule has 94 valence electrons. The van der Waals surface area contributed by atoms with Gasteiger partial charge in [0.05, 0.1) is 10.2 Å². The Morgan fingerprint density at radius 2 is 1.95 bits per heavy atom. The minimum Gasteiger partial charge on any atom is -0.298 e. The number of fused-ring (bicyclic) bond motifs is 1. The van der Waals surface area contributed by atoms with Gasteiger partial charge in [-0.2, -0.15) is 0 Å². The first-order valence-electron chi connectivity index (χ1n) is 5.65. The second kappa shape index (κ2) is 5.11. The Balaban J connectivity index is 1.87. The van der Waals surface area contributed by atoms with E-state index in [1.165, 1.54) is 11.3 Å². The van der Waals surface area contributed by atoms with Gasteiger partial charge in [-0.05, 0) is 30.3 Å². The SMILES string of the molecule is O=C(Nc1nc2ccc(Br)cc2s1)c1ccccc1. The third kappa shape index (κ3) is 2.67. The number of anilines is 1. The van der Waals surface area contributed by atoms with Gasteiger partial charge in [-0.25, -0.2) is 4.98 Å². The molecule has 3 rings (SSSR count). The van der Waals surface area contributed by atoms with E-state index in [1.807, 2.05) is 36.4 Å². The summed E-state index contributed by atoms with van der Waals surface area (Å²) in [6.45, 7) is 0. The number of rotatable bonds is 2. The van der Waals surface area contributed by atoms with Crippen LogP contribution in [0.3, 0.4) is 0 Å². The van der Waals surface area contributed by atoms with Gasteiger partial charge in [-0.15, -0.1) is 0 Å². The molecule has 0 aliphatic rings. The summed E-state index contributed by atoms with van der Waals surface area (Å²) in [5.74, 6) is -0.140. The molecule has 0 aliphatic carbocycles. The highest BCUT2D eigenvalue weighted by molar-refractivity contribution is 9.10. The number of nitrogens with one attached hydrogen (secondary N) is 1. The maximum absolute atomic E-state index is 12.0. The summed E-state index contributed by atoms with van der Waals surface area (Å²) in [6, 6.07) is 15.0. The number of hydrogen-bond acceptors (Lipinski definition) is 3. The molecule has 0 saturated carbocycles. The number of nitrogens with zero attached hydrogens (tertiary/aromatic N) is 1. The Bertz CT molecular complexity index is 740. The zero-order chi connectivity index (χ0) is 13.2. The molecule has 2 aromatic carbocycles. The van der Waals surface area contributed by atoms with E-state index in [9.17, 15) is 4.79 Å². The summed E-state index contributed by atoms with van der Waals surface area (Å²) in [5.41, 5.74) is 1.51. The van der Waals surface area contributed by atoms with Crippen molar-refractivity contribution < 1.29 is 4.79 Å². The lowest BCUT2D eigenvalue weighted by Crippen LogP contribution is -2.11. The van der Waals surface area contributed by atoms with Crippen LogP contribution in [0.5, 0.6) is 0 Å². The molecule has 1 heterocycles. The van der Waals surface area contributed by atoms with Crippen molar-refractivity contribution in [2.45, 2.75) is 0 Å². The van der Waals surface area contributed by atoms with Gasteiger partial charge in [0.15, 0.2) is 5.13 Å². The number of carbonyl (C=O) groups is 1. The fourth-order valence-corrected chi connectivity index (χ4v) is 3.12. The van der Waals surface area contributed by atoms with E-state index in [1.54, 1.807) is 12.1 Å². The largest absolute Gasteiger partial charge is 0.298 e. The minimum atomic E-state index is -0.140. The second-order valence-electron chi connectivity index (χ2n) is 3.95. The first-order chi connectivity index (χ1) is 9.22. The zero-order valence-corrected chi connectivity index (χ0v) is 12.2. The van der Waals surface area contributed by atoms with Gasteiger partial charge in [0, 0.05) is 10.0 Å². The van der Waals surface area contributed by atoms with Gasteiger partial charge in [0.2, 0.25) is 0 Å². The monoisotopic (exact) mass is 332 g/mol. The maximum Gasteiger partial charge on any atom is 0.257 e. The highest BCUT2D eigenvalue weighted by atomic mass is 79.9. The van der Waals surface area contributed by atoms with Crippen LogP contribution in [0.25, 0.3) is 10.2 Å². The number of carbonyl (C=O) groups excluding carboxylic acids is 1. The van der Waals surface area contributed by atoms with Crippen LogP contribution in [-0.4, -0.2) is 10.9 Å². The molecule has 0 saturated heterocycles. The quantitative estimate of drug-likeness (QED) is 0.759. The van der Waals surface area contributed by atoms with E-state index in [0.29, 0.717) is 10.7 Å². The summed E-state index contributed by atoms with van der Waals surface area (Å²) >= 11 is 4.88. The fourth-order valence-electron chi connectivity index (χ4n) is 1.71. The lowest BCUT2D eigenvalue weighted by atomic mass is 10.2. The van der Waals surface area contributed by atoms with Crippen molar-refractivity contribution in [2.75, 3.05) is 5.32 Å². The highest BCUT2D eigenvalue weighted by Gasteiger charge is 2.09. The normalized spacial score (nSPS) is 10.6. The van der Waals surface area contributed by atoms with Crippen molar-refractivity contribution in [1.82, 2.24) is 4.98 Å². The van der Waals surface area contributed by atoms with Gasteiger partial charge in [-0.1, -0.05) is 45.5 Å². The molecule has 1 aromatic heterocycles. The van der Waals surface area contributed by atoms with Crippen molar-refractivity contribution in [1.29, 1.82) is 0 Å². The van der Waals surface area contributed by atoms with Crippen molar-refractivity contribution in [3.8, 4) is 0 Å². The Labute approximate surface area is 122 Å². The van der Waals surface area contributed by atoms with E-state index in [-0.39, 0.29) is 5.91 Å². The van der Waals surface area contributed by atoms with Gasteiger partial charge in [0.1, 0.15) is 0 Å². The number of hydrogen-bond donors (Lipinski definition) is 1. The molecule has 0 unspecified atom stereocenters. The summed E-state index contributed by atoms with van der Waals surface area (Å²) in [4.78, 5) is 16.4. The Hall–Kier alpha value is -1.72. The van der Waals surface area contributed by atoms with E-state index >= 15 is 0 Å². The summed E-state index contributed by atoms with van der Waals surface area (Å²) in [6.07, 6.45) is 0. The molecule has 0 aliphatic heterocycles. The number of halogens is 1. The number of amides is 1. The summed E-state index contributed by atoms with van der Waals surface area (Å²) < 4.78 is 2.04. The smallest absolute Gasteiger partial charge is 0.257 e. The van der Waals surface area contributed by atoms with Crippen LogP contribution in [0.15, 0.2) is 53.0 Å². The summed E-state index contributed by atoms with van der Waals surface area (Å²) in [7, 11) is 0. The van der Waals surface area contributed by atoms with Gasteiger partial charge < -0.3 is 0 Å². The maximum atomic E-state index is 12.0. The zero-order valence-electron chi connectivity index (χ0n) is 9.76. The highest BCUT2D eigenvalue weighted by Crippen LogP contribution is 2.28. The third-order valence-corrected chi connectivity index (χ3v) is 4.03. The van der Waals surface area contributed by atoms with Crippen LogP contribution < -0.4 is 5.32 Å². The van der Waals surface area contributed by atoms with E-state index < -0.39 is 0 Å². The average molecular weight is 333 g/mol. The Morgan fingerprint density at radius 1 is 1.16 bits per heavy atom. The van der Waals surface area contributed by atoms with Crippen LogP contribution in [-0.2, 0) is 0 Å². The fraction of sp³-hybridized carbons (Fsp3) is 0. The first-order valence-corrected chi connectivity index (χ1v) is 7.26. The summed E-state index contributed by atoms with van der Waals surface area (Å²) in [5, 5.41) is 3.43. The molecular formula is C14H9BrN2OS. The van der Waals surface area contributed by atoms with Crippen LogP contribution in [0.4, 0.5) is 5.13 Å². The van der Waals surface area contributed by atoms with Gasteiger partial charge in [0.25, 0.3) is 5.91 Å². The average Bonchev–Trinajstić information content (AvgIpc) is 2.81. The van der Waals surface area contributed by atoms with Crippen LogP contribution >= 0.6 is 27.3 Å². The predicted molar refractivity (Wildman–Crippen MR) is 81.7 cm³/mol. The predicted octanol–water partition coefficient (Wildman–Crippen LogP) is 4.31. The lowest BCUT2D eigenvalue weighted by Gasteiger charge is -2.00. The molecule has 5 heteroatoms. The van der Waals surface area contributed by atoms with Crippen molar-refractivity contribution in [3.63, 3.8) is 0 Å². The number of benzene rings is 2. The molecule has 0 spiro atoms. The number of aromatic nitrogens is 1. The van der Waals surface area contributed by atoms with E-state index in [2.05, 4.69) is 26.2 Å². The molecule has 0 atom stereocenters. The van der Waals surface area contributed by atoms with Crippen molar-refractivity contribution in [2.24, 2.45) is 0 Å². The molecule has 1 N–H and O–H groups in total. The molecule has 19 heavy (non-hydrogen) atoms. The number of thiazole rings is 1. The van der Waals surface area contributed by atoms with Crippen LogP contribution in [0.2, 0.25) is 0 Å². The first kappa shape index (κ1) is 12.3. The molecule has 3 aromatic rings. The van der Waals surface area contributed by atoms with E-state index in [0.717, 1.165) is 14.7 Å². The Morgan fingerprint density at radius 3 is 2.74 bits per heavy atom. The molecular weight excluding hydrogens is 324 g/mol. The van der Waals surface area contributed by atoms with E-state index in [4.69, 9.17) is 0 Å². The van der Waals surface area contributed by atoms with Crippen LogP contribution in [0, 0.1) is 0 Å².